The predicted molar refractivity (Wildman–Crippen MR) is 98.4 cm³/mol. The van der Waals surface area contributed by atoms with Crippen molar-refractivity contribution < 1.29 is 23.3 Å². The zero-order chi connectivity index (χ0) is 19.4. The van der Waals surface area contributed by atoms with Crippen LogP contribution in [0.1, 0.15) is 42.9 Å². The second-order valence-electron chi connectivity index (χ2n) is 6.80. The molecule has 1 saturated carbocycles. The minimum atomic E-state index is -4.61. The van der Waals surface area contributed by atoms with Gasteiger partial charge in [0.25, 0.3) is 5.91 Å². The molecule has 1 fully saturated rings. The first-order valence-electron chi connectivity index (χ1n) is 8.92. The number of benzene rings is 2. The van der Waals surface area contributed by atoms with E-state index in [-0.39, 0.29) is 10.7 Å². The van der Waals surface area contributed by atoms with E-state index in [1.54, 1.807) is 0 Å². The van der Waals surface area contributed by atoms with Gasteiger partial charge in [-0.05, 0) is 43.9 Å². The molecule has 3 rings (SSSR count). The van der Waals surface area contributed by atoms with Gasteiger partial charge in [-0.1, -0.05) is 41.9 Å². The third-order valence-electron chi connectivity index (χ3n) is 4.85. The van der Waals surface area contributed by atoms with Crippen LogP contribution in [0.25, 0.3) is 0 Å². The van der Waals surface area contributed by atoms with Gasteiger partial charge in [-0.3, -0.25) is 4.79 Å². The maximum Gasteiger partial charge on any atom is 0.418 e. The minimum Gasteiger partial charge on any atom is -0.330 e. The molecule has 0 heterocycles. The zero-order valence-electron chi connectivity index (χ0n) is 14.6. The molecular weight excluding hydrogens is 377 g/mol. The number of hydrogen-bond donors (Lipinski definition) is 2. The summed E-state index contributed by atoms with van der Waals surface area (Å²) in [5, 5.41) is 4.41. The van der Waals surface area contributed by atoms with E-state index in [9.17, 15) is 18.0 Å². The Bertz CT molecular complexity index is 790. The lowest BCUT2D eigenvalue weighted by Gasteiger charge is -2.21. The van der Waals surface area contributed by atoms with Crippen LogP contribution in [-0.4, -0.2) is 11.9 Å². The van der Waals surface area contributed by atoms with E-state index in [1.165, 1.54) is 12.1 Å². The lowest BCUT2D eigenvalue weighted by atomic mass is 10.0. The van der Waals surface area contributed by atoms with Crippen LogP contribution in [-0.2, 0) is 11.0 Å². The Morgan fingerprint density at radius 1 is 1.11 bits per heavy atom. The molecule has 1 aliphatic rings. The third kappa shape index (κ3) is 5.02. The molecule has 2 aromatic rings. The van der Waals surface area contributed by atoms with Crippen molar-refractivity contribution in [1.29, 1.82) is 0 Å². The number of hydrogen-bond acceptors (Lipinski definition) is 1. The van der Waals surface area contributed by atoms with Crippen molar-refractivity contribution in [2.45, 2.75) is 43.9 Å². The Kier molecular flexibility index (Phi) is 6.07. The smallest absolute Gasteiger partial charge is 0.330 e. The molecule has 3 nitrogen and oxygen atoms in total. The molecule has 0 unspecified atom stereocenters. The molecule has 1 amide bonds. The van der Waals surface area contributed by atoms with E-state index >= 15 is 0 Å². The Morgan fingerprint density at radius 3 is 2.41 bits per heavy atom. The highest BCUT2D eigenvalue weighted by atomic mass is 35.5. The standard InChI is InChI=1S/C20H20ClF3N2O/c21-14-10-11-17(16(12-14)20(22,23)24)26-19(27)18(13-6-2-1-3-7-13)25-15-8-4-5-9-15/h1-3,6-7,10-12,15,18,25H,4-5,8-9H2,(H,26,27)/p+1/t18-/m0/s1. The summed E-state index contributed by atoms with van der Waals surface area (Å²) >= 11 is 5.71. The summed E-state index contributed by atoms with van der Waals surface area (Å²) in [6.07, 6.45) is -0.374. The fourth-order valence-electron chi connectivity index (χ4n) is 3.50. The summed E-state index contributed by atoms with van der Waals surface area (Å²) in [6.45, 7) is 0. The van der Waals surface area contributed by atoms with Gasteiger partial charge >= 0.3 is 6.18 Å². The largest absolute Gasteiger partial charge is 0.418 e. The summed E-state index contributed by atoms with van der Waals surface area (Å²) < 4.78 is 39.9. The first-order chi connectivity index (χ1) is 12.8. The van der Waals surface area contributed by atoms with Crippen LogP contribution >= 0.6 is 11.6 Å². The number of nitrogens with one attached hydrogen (secondary N) is 1. The number of rotatable bonds is 5. The van der Waals surface area contributed by atoms with Crippen LogP contribution in [0.5, 0.6) is 0 Å². The van der Waals surface area contributed by atoms with Gasteiger partial charge in [0, 0.05) is 10.6 Å². The summed E-state index contributed by atoms with van der Waals surface area (Å²) in [5.74, 6) is -0.471. The first-order valence-corrected chi connectivity index (χ1v) is 9.30. The molecule has 0 aliphatic heterocycles. The number of halogens is 4. The van der Waals surface area contributed by atoms with Crippen LogP contribution in [0.2, 0.25) is 5.02 Å². The van der Waals surface area contributed by atoms with Crippen molar-refractivity contribution in [3.63, 3.8) is 0 Å². The molecule has 0 aromatic heterocycles. The maximum atomic E-state index is 13.3. The molecule has 2 aromatic carbocycles. The fourth-order valence-corrected chi connectivity index (χ4v) is 3.67. The van der Waals surface area contributed by atoms with Gasteiger partial charge in [-0.25, -0.2) is 0 Å². The predicted octanol–water partition coefficient (Wildman–Crippen LogP) is 4.54. The van der Waals surface area contributed by atoms with Crippen LogP contribution in [0.4, 0.5) is 18.9 Å². The van der Waals surface area contributed by atoms with Crippen molar-refractivity contribution in [2.24, 2.45) is 0 Å². The topological polar surface area (TPSA) is 45.7 Å². The summed E-state index contributed by atoms with van der Waals surface area (Å²) in [5.41, 5.74) is -0.460. The Balaban J connectivity index is 1.86. The average molecular weight is 398 g/mol. The first kappa shape index (κ1) is 19.7. The SMILES string of the molecule is O=C(Nc1ccc(Cl)cc1C(F)(F)F)[C@@H]([NH2+]C1CCCC1)c1ccccc1. The molecule has 27 heavy (non-hydrogen) atoms. The average Bonchev–Trinajstić information content (AvgIpc) is 3.14. The van der Waals surface area contributed by atoms with Crippen molar-refractivity contribution in [1.82, 2.24) is 0 Å². The second-order valence-corrected chi connectivity index (χ2v) is 7.24. The molecule has 1 aliphatic carbocycles. The molecule has 1 atom stereocenters. The number of quaternary nitrogens is 1. The van der Waals surface area contributed by atoms with Crippen LogP contribution in [0.3, 0.4) is 0 Å². The van der Waals surface area contributed by atoms with Crippen LogP contribution < -0.4 is 10.6 Å². The zero-order valence-corrected chi connectivity index (χ0v) is 15.4. The molecule has 0 bridgehead atoms. The van der Waals surface area contributed by atoms with Gasteiger partial charge in [-0.2, -0.15) is 13.2 Å². The van der Waals surface area contributed by atoms with Gasteiger partial charge in [0.1, 0.15) is 0 Å². The summed E-state index contributed by atoms with van der Waals surface area (Å²) in [7, 11) is 0. The van der Waals surface area contributed by atoms with E-state index in [0.717, 1.165) is 37.3 Å². The highest BCUT2D eigenvalue weighted by Gasteiger charge is 2.36. The molecule has 144 valence electrons. The number of nitrogens with two attached hydrogens (primary N) is 1. The molecule has 0 radical (unpaired) electrons. The maximum absolute atomic E-state index is 13.3. The van der Waals surface area contributed by atoms with E-state index < -0.39 is 23.7 Å². The third-order valence-corrected chi connectivity index (χ3v) is 5.09. The normalized spacial score (nSPS) is 16.3. The van der Waals surface area contributed by atoms with Gasteiger partial charge in [0.2, 0.25) is 0 Å². The lowest BCUT2D eigenvalue weighted by Crippen LogP contribution is -2.92. The second kappa shape index (κ2) is 8.31. The highest BCUT2D eigenvalue weighted by molar-refractivity contribution is 6.30. The Morgan fingerprint density at radius 2 is 1.78 bits per heavy atom. The number of alkyl halides is 3. The van der Waals surface area contributed by atoms with Crippen molar-refractivity contribution in [3.05, 3.63) is 64.7 Å². The number of amides is 1. The van der Waals surface area contributed by atoms with Crippen molar-refractivity contribution >= 4 is 23.2 Å². The van der Waals surface area contributed by atoms with Crippen LogP contribution in [0, 0.1) is 0 Å². The highest BCUT2D eigenvalue weighted by Crippen LogP contribution is 2.36. The molecule has 7 heteroatoms. The van der Waals surface area contributed by atoms with Gasteiger partial charge in [0.05, 0.1) is 17.3 Å². The fraction of sp³-hybridized carbons (Fsp3) is 0.350. The Labute approximate surface area is 160 Å². The monoisotopic (exact) mass is 397 g/mol. The van der Waals surface area contributed by atoms with Gasteiger partial charge < -0.3 is 10.6 Å². The summed E-state index contributed by atoms with van der Waals surface area (Å²) in [4.78, 5) is 12.9. The van der Waals surface area contributed by atoms with Gasteiger partial charge in [0.15, 0.2) is 6.04 Å². The van der Waals surface area contributed by atoms with E-state index in [2.05, 4.69) is 5.32 Å². The summed E-state index contributed by atoms with van der Waals surface area (Å²) in [6, 6.07) is 12.2. The minimum absolute atomic E-state index is 0.0301. The molecular formula is C20H21ClF3N2O+. The van der Waals surface area contributed by atoms with Crippen LogP contribution in [0.15, 0.2) is 48.5 Å². The number of carbonyl (C=O) groups is 1. The van der Waals surface area contributed by atoms with E-state index in [4.69, 9.17) is 11.6 Å². The molecule has 3 N–H and O–H groups in total. The quantitative estimate of drug-likeness (QED) is 0.764. The number of carbonyl (C=O) groups excluding carboxylic acids is 1. The molecule has 0 spiro atoms. The van der Waals surface area contributed by atoms with Crippen molar-refractivity contribution in [3.8, 4) is 0 Å². The molecule has 0 saturated heterocycles. The van der Waals surface area contributed by atoms with Crippen molar-refractivity contribution in [2.75, 3.05) is 5.32 Å². The Hall–Kier alpha value is -2.05. The number of anilines is 1. The van der Waals surface area contributed by atoms with E-state index in [1.807, 2.05) is 35.6 Å². The lowest BCUT2D eigenvalue weighted by molar-refractivity contribution is -0.714. The van der Waals surface area contributed by atoms with E-state index in [0.29, 0.717) is 6.04 Å². The van der Waals surface area contributed by atoms with Gasteiger partial charge in [-0.15, -0.1) is 0 Å².